The van der Waals surface area contributed by atoms with Crippen LogP contribution in [0, 0.1) is 5.41 Å². The third-order valence-electron chi connectivity index (χ3n) is 3.66. The van der Waals surface area contributed by atoms with Crippen molar-refractivity contribution in [3.8, 4) is 0 Å². The third kappa shape index (κ3) is 2.63. The summed E-state index contributed by atoms with van der Waals surface area (Å²) in [6, 6.07) is 0. The van der Waals surface area contributed by atoms with Gasteiger partial charge in [-0.1, -0.05) is 13.8 Å². The second kappa shape index (κ2) is 5.77. The molecule has 0 unspecified atom stereocenters. The van der Waals surface area contributed by atoms with Crippen molar-refractivity contribution in [2.45, 2.75) is 26.7 Å². The molecule has 0 aromatic carbocycles. The molecule has 0 aromatic rings. The van der Waals surface area contributed by atoms with Crippen LogP contribution in [-0.2, 0) is 15.6 Å². The van der Waals surface area contributed by atoms with Gasteiger partial charge in [0.1, 0.15) is 0 Å². The van der Waals surface area contributed by atoms with Crippen molar-refractivity contribution in [1.82, 2.24) is 4.90 Å². The second-order valence-electron chi connectivity index (χ2n) is 4.33. The smallest absolute Gasteiger partial charge is 0.230 e. The number of hydrogen-bond acceptors (Lipinski definition) is 3. The molecule has 0 saturated carbocycles. The van der Waals surface area contributed by atoms with Gasteiger partial charge in [-0.25, -0.2) is 0 Å². The average Bonchev–Trinajstić information content (AvgIpc) is 2.33. The molecular weight excluding hydrogens is 224 g/mol. The zero-order valence-electron chi connectivity index (χ0n) is 10.2. The monoisotopic (exact) mass is 246 g/mol. The molecule has 0 bridgehead atoms. The van der Waals surface area contributed by atoms with Gasteiger partial charge in [-0.15, -0.1) is 0 Å². The number of carbonyl (C=O) groups excluding carboxylic acids is 1. The standard InChI is InChI=1S/C11H22N2O2S/c1-3-11(4-2,9-12)10(14)13-5-7-16(15)8-6-13/h3-9,12H2,1-2H3. The van der Waals surface area contributed by atoms with Gasteiger partial charge in [0.15, 0.2) is 0 Å². The van der Waals surface area contributed by atoms with Crippen molar-refractivity contribution in [3.05, 3.63) is 0 Å². The van der Waals surface area contributed by atoms with Crippen molar-refractivity contribution in [2.24, 2.45) is 11.1 Å². The summed E-state index contributed by atoms with van der Waals surface area (Å²) < 4.78 is 11.2. The minimum atomic E-state index is -0.735. The van der Waals surface area contributed by atoms with Crippen molar-refractivity contribution in [1.29, 1.82) is 0 Å². The number of nitrogens with zero attached hydrogens (tertiary/aromatic N) is 1. The molecule has 4 nitrogen and oxygen atoms in total. The highest BCUT2D eigenvalue weighted by Crippen LogP contribution is 2.28. The molecule has 1 fully saturated rings. The minimum Gasteiger partial charge on any atom is -0.340 e. The molecule has 0 aliphatic carbocycles. The SMILES string of the molecule is CCC(CC)(CN)C(=O)N1CCS(=O)CC1. The van der Waals surface area contributed by atoms with Gasteiger partial charge in [0.05, 0.1) is 5.41 Å². The molecule has 0 aromatic heterocycles. The van der Waals surface area contributed by atoms with Gasteiger partial charge in [-0.3, -0.25) is 9.00 Å². The van der Waals surface area contributed by atoms with Crippen LogP contribution in [0.5, 0.6) is 0 Å². The fourth-order valence-corrected chi connectivity index (χ4v) is 3.16. The number of nitrogens with two attached hydrogens (primary N) is 1. The lowest BCUT2D eigenvalue weighted by Gasteiger charge is -2.36. The first-order chi connectivity index (χ1) is 7.59. The molecule has 1 aliphatic rings. The van der Waals surface area contributed by atoms with E-state index in [-0.39, 0.29) is 5.91 Å². The van der Waals surface area contributed by atoms with Gasteiger partial charge in [-0.2, -0.15) is 0 Å². The number of carbonyl (C=O) groups is 1. The molecule has 94 valence electrons. The highest BCUT2D eigenvalue weighted by atomic mass is 32.2. The number of rotatable bonds is 4. The summed E-state index contributed by atoms with van der Waals surface area (Å²) in [5.74, 6) is 1.37. The first kappa shape index (κ1) is 13.6. The van der Waals surface area contributed by atoms with Crippen LogP contribution in [0.25, 0.3) is 0 Å². The van der Waals surface area contributed by atoms with Crippen LogP contribution in [0.15, 0.2) is 0 Å². The quantitative estimate of drug-likeness (QED) is 0.778. The summed E-state index contributed by atoms with van der Waals surface area (Å²) in [5, 5.41) is 0. The van der Waals surface area contributed by atoms with E-state index in [2.05, 4.69) is 0 Å². The van der Waals surface area contributed by atoms with Gasteiger partial charge in [-0.05, 0) is 12.8 Å². The fourth-order valence-electron chi connectivity index (χ4n) is 2.10. The number of amides is 1. The van der Waals surface area contributed by atoms with Crippen LogP contribution >= 0.6 is 0 Å². The van der Waals surface area contributed by atoms with E-state index in [9.17, 15) is 9.00 Å². The first-order valence-corrected chi connectivity index (χ1v) is 7.43. The van der Waals surface area contributed by atoms with E-state index in [4.69, 9.17) is 5.73 Å². The average molecular weight is 246 g/mol. The maximum atomic E-state index is 12.4. The maximum Gasteiger partial charge on any atom is 0.230 e. The molecule has 1 aliphatic heterocycles. The summed E-state index contributed by atoms with van der Waals surface area (Å²) >= 11 is 0. The Morgan fingerprint density at radius 1 is 1.31 bits per heavy atom. The van der Waals surface area contributed by atoms with Gasteiger partial charge >= 0.3 is 0 Å². The minimum absolute atomic E-state index is 0.150. The normalized spacial score (nSPS) is 18.8. The van der Waals surface area contributed by atoms with E-state index < -0.39 is 16.2 Å². The van der Waals surface area contributed by atoms with Crippen LogP contribution in [0.1, 0.15) is 26.7 Å². The van der Waals surface area contributed by atoms with Crippen molar-refractivity contribution < 1.29 is 9.00 Å². The van der Waals surface area contributed by atoms with E-state index in [1.165, 1.54) is 0 Å². The van der Waals surface area contributed by atoms with Crippen molar-refractivity contribution in [3.63, 3.8) is 0 Å². The van der Waals surface area contributed by atoms with Crippen LogP contribution < -0.4 is 5.73 Å². The lowest BCUT2D eigenvalue weighted by Crippen LogP contribution is -2.51. The molecule has 1 amide bonds. The Bertz CT molecular complexity index is 259. The molecule has 1 heterocycles. The van der Waals surface area contributed by atoms with Gasteiger partial charge in [0.25, 0.3) is 0 Å². The zero-order valence-corrected chi connectivity index (χ0v) is 11.0. The lowest BCUT2D eigenvalue weighted by atomic mass is 9.81. The summed E-state index contributed by atoms with van der Waals surface area (Å²) in [5.41, 5.74) is 5.35. The Balaban J connectivity index is 2.71. The molecule has 0 spiro atoms. The summed E-state index contributed by atoms with van der Waals surface area (Å²) in [6.07, 6.45) is 1.55. The lowest BCUT2D eigenvalue weighted by molar-refractivity contribution is -0.141. The molecule has 0 atom stereocenters. The maximum absolute atomic E-state index is 12.4. The van der Waals surface area contributed by atoms with E-state index >= 15 is 0 Å². The predicted molar refractivity (Wildman–Crippen MR) is 66.5 cm³/mol. The molecule has 1 saturated heterocycles. The second-order valence-corrected chi connectivity index (χ2v) is 6.03. The van der Waals surface area contributed by atoms with E-state index in [1.54, 1.807) is 0 Å². The Morgan fingerprint density at radius 2 is 1.81 bits per heavy atom. The Kier molecular flexibility index (Phi) is 4.92. The summed E-state index contributed by atoms with van der Waals surface area (Å²) in [4.78, 5) is 14.2. The van der Waals surface area contributed by atoms with E-state index in [0.717, 1.165) is 12.8 Å². The van der Waals surface area contributed by atoms with E-state index in [1.807, 2.05) is 18.7 Å². The topological polar surface area (TPSA) is 63.4 Å². The molecule has 5 heteroatoms. The first-order valence-electron chi connectivity index (χ1n) is 5.94. The summed E-state index contributed by atoms with van der Waals surface area (Å²) in [6.45, 7) is 5.66. The van der Waals surface area contributed by atoms with Crippen molar-refractivity contribution >= 4 is 16.7 Å². The summed E-state index contributed by atoms with van der Waals surface area (Å²) in [7, 11) is -0.735. The molecule has 2 N–H and O–H groups in total. The molecule has 1 rings (SSSR count). The molecular formula is C11H22N2O2S. The highest BCUT2D eigenvalue weighted by Gasteiger charge is 2.37. The Hall–Kier alpha value is -0.420. The van der Waals surface area contributed by atoms with Gasteiger partial charge < -0.3 is 10.6 Å². The van der Waals surface area contributed by atoms with Crippen LogP contribution in [-0.4, -0.2) is 46.2 Å². The highest BCUT2D eigenvalue weighted by molar-refractivity contribution is 7.85. The largest absolute Gasteiger partial charge is 0.340 e. The van der Waals surface area contributed by atoms with Gasteiger partial charge in [0, 0.05) is 41.9 Å². The van der Waals surface area contributed by atoms with Crippen LogP contribution in [0.4, 0.5) is 0 Å². The van der Waals surface area contributed by atoms with Crippen molar-refractivity contribution in [2.75, 3.05) is 31.1 Å². The zero-order chi connectivity index (χ0) is 12.2. The fraction of sp³-hybridized carbons (Fsp3) is 0.909. The third-order valence-corrected chi connectivity index (χ3v) is 4.94. The van der Waals surface area contributed by atoms with Crippen LogP contribution in [0.3, 0.4) is 0 Å². The molecule has 0 radical (unpaired) electrons. The Morgan fingerprint density at radius 3 is 2.19 bits per heavy atom. The van der Waals surface area contributed by atoms with Gasteiger partial charge in [0.2, 0.25) is 5.91 Å². The van der Waals surface area contributed by atoms with Crippen LogP contribution in [0.2, 0.25) is 0 Å². The predicted octanol–water partition coefficient (Wildman–Crippen LogP) is 0.342. The Labute approximate surface area is 100 Å². The van der Waals surface area contributed by atoms with E-state index in [0.29, 0.717) is 31.1 Å². The molecule has 16 heavy (non-hydrogen) atoms. The number of hydrogen-bond donors (Lipinski definition) is 1.